The molecule has 0 unspecified atom stereocenters. The third kappa shape index (κ3) is 4.03. The van der Waals surface area contributed by atoms with Crippen LogP contribution in [0.25, 0.3) is 0 Å². The van der Waals surface area contributed by atoms with Gasteiger partial charge in [0.2, 0.25) is 0 Å². The normalized spacial score (nSPS) is 10.2. The zero-order chi connectivity index (χ0) is 15.2. The van der Waals surface area contributed by atoms with Gasteiger partial charge in [-0.25, -0.2) is 4.39 Å². The van der Waals surface area contributed by atoms with Gasteiger partial charge in [-0.05, 0) is 30.7 Å². The molecule has 0 fully saturated rings. The number of amides is 1. The second kappa shape index (κ2) is 6.85. The highest BCUT2D eigenvalue weighted by Crippen LogP contribution is 2.22. The smallest absolute Gasteiger partial charge is 0.262 e. The molecule has 3 N–H and O–H groups in total. The number of hydrogen-bond donors (Lipinski definition) is 2. The summed E-state index contributed by atoms with van der Waals surface area (Å²) < 4.78 is 18.9. The molecule has 0 aliphatic rings. The number of nitrogens with two attached hydrogens (primary N) is 1. The third-order valence-corrected chi connectivity index (χ3v) is 2.92. The van der Waals surface area contributed by atoms with E-state index in [1.54, 1.807) is 18.2 Å². The zero-order valence-corrected chi connectivity index (χ0v) is 11.7. The fraction of sp³-hybridized carbons (Fsp3) is 0.188. The summed E-state index contributed by atoms with van der Waals surface area (Å²) in [5.74, 6) is -0.854. The molecular formula is C16H17FN2O2. The molecule has 5 heteroatoms. The number of anilines is 1. The number of nitrogens with one attached hydrogen (secondary N) is 1. The Bertz CT molecular complexity index is 644. The Labute approximate surface area is 122 Å². The van der Waals surface area contributed by atoms with E-state index in [2.05, 4.69) is 5.32 Å². The average molecular weight is 288 g/mol. The van der Waals surface area contributed by atoms with Crippen LogP contribution in [0, 0.1) is 12.7 Å². The van der Waals surface area contributed by atoms with Crippen LogP contribution < -0.4 is 15.8 Å². The molecule has 4 nitrogen and oxygen atoms in total. The number of carbonyl (C=O) groups is 1. The largest absolute Gasteiger partial charge is 0.480 e. The van der Waals surface area contributed by atoms with E-state index in [0.717, 1.165) is 5.56 Å². The van der Waals surface area contributed by atoms with Crippen molar-refractivity contribution in [2.75, 3.05) is 11.9 Å². The molecule has 2 aromatic carbocycles. The average Bonchev–Trinajstić information content (AvgIpc) is 2.45. The van der Waals surface area contributed by atoms with Crippen LogP contribution in [0.2, 0.25) is 0 Å². The Balaban J connectivity index is 1.99. The molecule has 0 saturated carbocycles. The summed E-state index contributed by atoms with van der Waals surface area (Å²) in [4.78, 5) is 11.8. The molecule has 0 saturated heterocycles. The highest BCUT2D eigenvalue weighted by molar-refractivity contribution is 5.91. The predicted octanol–water partition coefficient (Wildman–Crippen LogP) is 2.61. The van der Waals surface area contributed by atoms with Crippen molar-refractivity contribution < 1.29 is 13.9 Å². The molecule has 2 aromatic rings. The number of carbonyl (C=O) groups excluding carboxylic acids is 1. The second-order valence-electron chi connectivity index (χ2n) is 4.64. The second-order valence-corrected chi connectivity index (χ2v) is 4.64. The van der Waals surface area contributed by atoms with E-state index in [4.69, 9.17) is 10.5 Å². The van der Waals surface area contributed by atoms with Crippen molar-refractivity contribution in [3.63, 3.8) is 0 Å². The van der Waals surface area contributed by atoms with Crippen molar-refractivity contribution in [1.29, 1.82) is 0 Å². The van der Waals surface area contributed by atoms with E-state index >= 15 is 0 Å². The zero-order valence-electron chi connectivity index (χ0n) is 11.7. The van der Waals surface area contributed by atoms with Crippen molar-refractivity contribution in [3.05, 3.63) is 59.4 Å². The van der Waals surface area contributed by atoms with Gasteiger partial charge in [-0.1, -0.05) is 24.3 Å². The van der Waals surface area contributed by atoms with Crippen molar-refractivity contribution in [2.24, 2.45) is 5.73 Å². The number of aryl methyl sites for hydroxylation is 1. The lowest BCUT2D eigenvalue weighted by atomic mass is 10.2. The number of benzene rings is 2. The quantitative estimate of drug-likeness (QED) is 0.889. The SMILES string of the molecule is Cc1cccc(NC(=O)COc2c(F)cccc2CN)c1. The van der Waals surface area contributed by atoms with Gasteiger partial charge >= 0.3 is 0 Å². The summed E-state index contributed by atoms with van der Waals surface area (Å²) >= 11 is 0. The lowest BCUT2D eigenvalue weighted by Crippen LogP contribution is -2.21. The van der Waals surface area contributed by atoms with E-state index in [-0.39, 0.29) is 24.8 Å². The monoisotopic (exact) mass is 288 g/mol. The minimum atomic E-state index is -0.527. The van der Waals surface area contributed by atoms with Gasteiger partial charge in [-0.2, -0.15) is 0 Å². The van der Waals surface area contributed by atoms with Crippen LogP contribution in [0.3, 0.4) is 0 Å². The van der Waals surface area contributed by atoms with E-state index in [1.165, 1.54) is 6.07 Å². The van der Waals surface area contributed by atoms with E-state index in [0.29, 0.717) is 11.3 Å². The van der Waals surface area contributed by atoms with Crippen LogP contribution in [0.5, 0.6) is 5.75 Å². The highest BCUT2D eigenvalue weighted by Gasteiger charge is 2.11. The van der Waals surface area contributed by atoms with Gasteiger partial charge in [0.15, 0.2) is 18.2 Å². The van der Waals surface area contributed by atoms with Gasteiger partial charge in [-0.15, -0.1) is 0 Å². The molecule has 0 aliphatic heterocycles. The molecule has 0 bridgehead atoms. The minimum Gasteiger partial charge on any atom is -0.480 e. The molecule has 0 spiro atoms. The Hall–Kier alpha value is -2.40. The molecule has 21 heavy (non-hydrogen) atoms. The third-order valence-electron chi connectivity index (χ3n) is 2.92. The van der Waals surface area contributed by atoms with Crippen LogP contribution in [0.15, 0.2) is 42.5 Å². The first-order valence-electron chi connectivity index (χ1n) is 6.57. The highest BCUT2D eigenvalue weighted by atomic mass is 19.1. The summed E-state index contributed by atoms with van der Waals surface area (Å²) in [6, 6.07) is 11.9. The van der Waals surface area contributed by atoms with E-state index < -0.39 is 5.82 Å². The van der Waals surface area contributed by atoms with Crippen molar-refractivity contribution in [1.82, 2.24) is 0 Å². The summed E-state index contributed by atoms with van der Waals surface area (Å²) in [6.45, 7) is 1.80. The predicted molar refractivity (Wildman–Crippen MR) is 79.6 cm³/mol. The molecule has 0 aromatic heterocycles. The van der Waals surface area contributed by atoms with E-state index in [9.17, 15) is 9.18 Å². The maximum absolute atomic E-state index is 13.7. The van der Waals surface area contributed by atoms with Gasteiger partial charge in [0.05, 0.1) is 0 Å². The topological polar surface area (TPSA) is 64.3 Å². The molecule has 110 valence electrons. The molecular weight excluding hydrogens is 271 g/mol. The molecule has 0 radical (unpaired) electrons. The van der Waals surface area contributed by atoms with Gasteiger partial charge in [0.25, 0.3) is 5.91 Å². The van der Waals surface area contributed by atoms with E-state index in [1.807, 2.05) is 25.1 Å². The Kier molecular flexibility index (Phi) is 4.90. The Morgan fingerprint density at radius 3 is 2.76 bits per heavy atom. The summed E-state index contributed by atoms with van der Waals surface area (Å²) in [7, 11) is 0. The molecule has 2 rings (SSSR count). The van der Waals surface area contributed by atoms with Crippen LogP contribution in [-0.4, -0.2) is 12.5 Å². The first kappa shape index (κ1) is 15.0. The standard InChI is InChI=1S/C16H17FN2O2/c1-11-4-2-6-13(8-11)19-15(20)10-21-16-12(9-18)5-3-7-14(16)17/h2-8H,9-10,18H2,1H3,(H,19,20). The molecule has 0 heterocycles. The van der Waals surface area contributed by atoms with Crippen LogP contribution in [0.1, 0.15) is 11.1 Å². The molecule has 1 amide bonds. The van der Waals surface area contributed by atoms with Crippen LogP contribution in [-0.2, 0) is 11.3 Å². The lowest BCUT2D eigenvalue weighted by molar-refractivity contribution is -0.118. The minimum absolute atomic E-state index is 0.0272. The summed E-state index contributed by atoms with van der Waals surface area (Å²) in [6.07, 6.45) is 0. The Morgan fingerprint density at radius 2 is 2.05 bits per heavy atom. The van der Waals surface area contributed by atoms with Gasteiger partial charge < -0.3 is 15.8 Å². The maximum atomic E-state index is 13.7. The number of ether oxygens (including phenoxy) is 1. The molecule has 0 aliphatic carbocycles. The lowest BCUT2D eigenvalue weighted by Gasteiger charge is -2.11. The number of rotatable bonds is 5. The van der Waals surface area contributed by atoms with Crippen LogP contribution >= 0.6 is 0 Å². The summed E-state index contributed by atoms with van der Waals surface area (Å²) in [5.41, 5.74) is 7.76. The van der Waals surface area contributed by atoms with Crippen molar-refractivity contribution in [2.45, 2.75) is 13.5 Å². The number of halogens is 1. The fourth-order valence-corrected chi connectivity index (χ4v) is 1.93. The number of hydrogen-bond acceptors (Lipinski definition) is 3. The van der Waals surface area contributed by atoms with Gasteiger partial charge in [-0.3, -0.25) is 4.79 Å². The summed E-state index contributed by atoms with van der Waals surface area (Å²) in [5, 5.41) is 2.69. The first-order chi connectivity index (χ1) is 10.1. The van der Waals surface area contributed by atoms with Crippen molar-refractivity contribution in [3.8, 4) is 5.75 Å². The first-order valence-corrected chi connectivity index (χ1v) is 6.57. The van der Waals surface area contributed by atoms with Crippen LogP contribution in [0.4, 0.5) is 10.1 Å². The fourth-order valence-electron chi connectivity index (χ4n) is 1.93. The number of para-hydroxylation sites is 1. The van der Waals surface area contributed by atoms with Crippen molar-refractivity contribution >= 4 is 11.6 Å². The van der Waals surface area contributed by atoms with Gasteiger partial charge in [0, 0.05) is 17.8 Å². The van der Waals surface area contributed by atoms with Gasteiger partial charge in [0.1, 0.15) is 0 Å². The molecule has 0 atom stereocenters. The maximum Gasteiger partial charge on any atom is 0.262 e. The Morgan fingerprint density at radius 1 is 1.29 bits per heavy atom.